The molecule has 116 valence electrons. The van der Waals surface area contributed by atoms with Crippen LogP contribution in [0, 0.1) is 0 Å². The van der Waals surface area contributed by atoms with Crippen LogP contribution < -0.4 is 10.7 Å². The fourth-order valence-corrected chi connectivity index (χ4v) is 9.67. The molecule has 0 amide bonds. The molecule has 0 fully saturated rings. The molecule has 3 aromatic carbocycles. The standard InChI is InChI=1S/3C6H5.3CH3.2Sn/c3*1-2-4-6-5-3-1;;;;;/h3*1-5H;3*1H3;;. The Labute approximate surface area is 155 Å². The van der Waals surface area contributed by atoms with Gasteiger partial charge in [0.05, 0.1) is 0 Å². The summed E-state index contributed by atoms with van der Waals surface area (Å²) in [5.74, 6) is 0. The van der Waals surface area contributed by atoms with Crippen LogP contribution in [-0.4, -0.2) is 39.5 Å². The third-order valence-electron chi connectivity index (χ3n) is 3.19. The number of rotatable bonds is 3. The normalized spacial score (nSPS) is 10.3. The average molecular weight is 514 g/mol. The molecule has 0 N–H and O–H groups in total. The summed E-state index contributed by atoms with van der Waals surface area (Å²) in [6, 6.07) is 32.9. The Hall–Kier alpha value is -0.743. The number of hydrogen-bond donors (Lipinski definition) is 0. The van der Waals surface area contributed by atoms with Crippen LogP contribution in [0.2, 0.25) is 14.8 Å². The summed E-state index contributed by atoms with van der Waals surface area (Å²) in [6.07, 6.45) is 0. The van der Waals surface area contributed by atoms with Crippen molar-refractivity contribution in [3.8, 4) is 0 Å². The van der Waals surface area contributed by atoms with Crippen molar-refractivity contribution in [2.24, 2.45) is 0 Å². The van der Waals surface area contributed by atoms with E-state index in [0.29, 0.717) is 0 Å². The second kappa shape index (κ2) is 10.2. The molecule has 0 aliphatic heterocycles. The van der Waals surface area contributed by atoms with Crippen molar-refractivity contribution >= 4 is 50.3 Å². The molecule has 0 aliphatic rings. The van der Waals surface area contributed by atoms with Crippen LogP contribution in [0.5, 0.6) is 0 Å². The first-order chi connectivity index (χ1) is 11.2. The second-order valence-electron chi connectivity index (χ2n) is 5.97. The Balaban J connectivity index is 0.000000433. The van der Waals surface area contributed by atoms with Crippen LogP contribution in [0.4, 0.5) is 0 Å². The number of benzene rings is 3. The molecule has 0 spiro atoms. The van der Waals surface area contributed by atoms with Crippen LogP contribution in [0.1, 0.15) is 0 Å². The quantitative estimate of drug-likeness (QED) is 0.470. The van der Waals surface area contributed by atoms with Crippen LogP contribution in [0.15, 0.2) is 91.0 Å². The third kappa shape index (κ3) is 6.34. The van der Waals surface area contributed by atoms with E-state index in [4.69, 9.17) is 0 Å². The van der Waals surface area contributed by atoms with Gasteiger partial charge in [-0.1, -0.05) is 0 Å². The maximum absolute atomic E-state index is 2.36. The Kier molecular flexibility index (Phi) is 8.24. The van der Waals surface area contributed by atoms with E-state index in [9.17, 15) is 0 Å². The summed E-state index contributed by atoms with van der Waals surface area (Å²) in [5.41, 5.74) is 0. The van der Waals surface area contributed by atoms with Crippen LogP contribution in [0.3, 0.4) is 0 Å². The van der Waals surface area contributed by atoms with E-state index in [1.807, 2.05) is 0 Å². The van der Waals surface area contributed by atoms with Gasteiger partial charge < -0.3 is 0 Å². The molecule has 0 atom stereocenters. The summed E-state index contributed by atoms with van der Waals surface area (Å²) in [6.45, 7) is 0. The predicted octanol–water partition coefficient (Wildman–Crippen LogP) is 3.57. The van der Waals surface area contributed by atoms with E-state index in [2.05, 4.69) is 106 Å². The van der Waals surface area contributed by atoms with Crippen molar-refractivity contribution < 1.29 is 0 Å². The molecule has 0 nitrogen and oxygen atoms in total. The maximum atomic E-state index is 2.36. The minimum atomic E-state index is -1.98. The van der Waals surface area contributed by atoms with Gasteiger partial charge in [-0.15, -0.1) is 0 Å². The molecule has 2 radical (unpaired) electrons. The summed E-state index contributed by atoms with van der Waals surface area (Å²) < 4.78 is 4.59. The van der Waals surface area contributed by atoms with Gasteiger partial charge in [-0.05, 0) is 0 Å². The average Bonchev–Trinajstić information content (AvgIpc) is 2.58. The van der Waals surface area contributed by atoms with E-state index in [1.165, 1.54) is 10.7 Å². The van der Waals surface area contributed by atoms with Crippen molar-refractivity contribution in [2.45, 2.75) is 14.8 Å². The Bertz CT molecular complexity index is 567. The molecular weight excluding hydrogens is 490 g/mol. The molecule has 3 aromatic rings. The summed E-state index contributed by atoms with van der Waals surface area (Å²) >= 11 is -2.52. The zero-order valence-electron chi connectivity index (χ0n) is 14.2. The fraction of sp³-hybridized carbons (Fsp3) is 0.143. The first-order valence-electron chi connectivity index (χ1n) is 7.98. The Morgan fingerprint density at radius 3 is 0.870 bits per heavy atom. The van der Waals surface area contributed by atoms with Gasteiger partial charge in [0.25, 0.3) is 0 Å². The summed E-state index contributed by atoms with van der Waals surface area (Å²) in [5, 5.41) is 0. The van der Waals surface area contributed by atoms with E-state index >= 15 is 0 Å². The molecule has 2 heteroatoms. The zero-order chi connectivity index (χ0) is 16.5. The van der Waals surface area contributed by atoms with Gasteiger partial charge in [0.15, 0.2) is 0 Å². The van der Waals surface area contributed by atoms with Crippen molar-refractivity contribution in [3.05, 3.63) is 91.0 Å². The van der Waals surface area contributed by atoms with E-state index in [0.717, 1.165) is 0 Å². The monoisotopic (exact) mass is 516 g/mol. The molecule has 0 unspecified atom stereocenters. The molecule has 0 aromatic heterocycles. The zero-order valence-corrected chi connectivity index (χ0v) is 19.9. The summed E-state index contributed by atoms with van der Waals surface area (Å²) in [7, 11) is 0. The van der Waals surface area contributed by atoms with E-state index in [-0.39, 0.29) is 0 Å². The molecule has 0 saturated heterocycles. The van der Waals surface area contributed by atoms with Crippen molar-refractivity contribution in [2.75, 3.05) is 0 Å². The van der Waals surface area contributed by atoms with Gasteiger partial charge in [-0.25, -0.2) is 0 Å². The van der Waals surface area contributed by atoms with Crippen LogP contribution >= 0.6 is 0 Å². The molecule has 23 heavy (non-hydrogen) atoms. The Morgan fingerprint density at radius 2 is 0.652 bits per heavy atom. The van der Waals surface area contributed by atoms with Gasteiger partial charge in [0.1, 0.15) is 0 Å². The van der Waals surface area contributed by atoms with E-state index < -0.39 is 39.5 Å². The van der Waals surface area contributed by atoms with Crippen molar-refractivity contribution in [1.82, 2.24) is 0 Å². The van der Waals surface area contributed by atoms with Gasteiger partial charge in [-0.3, -0.25) is 0 Å². The van der Waals surface area contributed by atoms with Gasteiger partial charge in [-0.2, -0.15) is 0 Å². The van der Waals surface area contributed by atoms with Crippen LogP contribution in [0.25, 0.3) is 0 Å². The molecule has 0 bridgehead atoms. The van der Waals surface area contributed by atoms with Gasteiger partial charge >= 0.3 is 156 Å². The SMILES string of the molecule is [CH3][Sn]([CH3])[CH3].c1cc[c]([Sn]([c]2ccccc2)[c]2ccccc2)cc1. The fourth-order valence-electron chi connectivity index (χ4n) is 2.31. The topological polar surface area (TPSA) is 0 Å². The minimum absolute atomic E-state index is 0.543. The molecular formula is C21H24Sn2. The van der Waals surface area contributed by atoms with Crippen molar-refractivity contribution in [1.29, 1.82) is 0 Å². The molecule has 0 heterocycles. The first-order valence-corrected chi connectivity index (χ1v) is 20.8. The Morgan fingerprint density at radius 1 is 0.435 bits per heavy atom. The second-order valence-corrected chi connectivity index (χ2v) is 21.6. The van der Waals surface area contributed by atoms with Crippen LogP contribution in [-0.2, 0) is 0 Å². The number of hydrogen-bond acceptors (Lipinski definition) is 0. The molecule has 0 saturated carbocycles. The third-order valence-corrected chi connectivity index (χ3v) is 11.0. The molecule has 0 aliphatic carbocycles. The van der Waals surface area contributed by atoms with Gasteiger partial charge in [0, 0.05) is 0 Å². The first kappa shape index (κ1) is 18.6. The van der Waals surface area contributed by atoms with E-state index in [1.54, 1.807) is 0 Å². The molecule has 3 rings (SSSR count). The van der Waals surface area contributed by atoms with Crippen molar-refractivity contribution in [3.63, 3.8) is 0 Å². The predicted molar refractivity (Wildman–Crippen MR) is 107 cm³/mol. The summed E-state index contributed by atoms with van der Waals surface area (Å²) in [4.78, 5) is 7.09. The van der Waals surface area contributed by atoms with Gasteiger partial charge in [0.2, 0.25) is 0 Å².